The molecule has 0 radical (unpaired) electrons. The van der Waals surface area contributed by atoms with Gasteiger partial charge in [-0.3, -0.25) is 0 Å². The number of aliphatic hydroxyl groups excluding tert-OH is 1. The predicted molar refractivity (Wildman–Crippen MR) is 84.4 cm³/mol. The van der Waals surface area contributed by atoms with E-state index in [0.717, 1.165) is 5.56 Å². The molecule has 0 aliphatic heterocycles. The van der Waals surface area contributed by atoms with E-state index in [2.05, 4.69) is 13.2 Å². The highest BCUT2D eigenvalue weighted by Crippen LogP contribution is 2.32. The molecule has 0 saturated heterocycles. The first-order valence-electron chi connectivity index (χ1n) is 7.07. The van der Waals surface area contributed by atoms with Crippen molar-refractivity contribution in [1.82, 2.24) is 0 Å². The highest BCUT2D eigenvalue weighted by molar-refractivity contribution is 5.13. The molecule has 0 fully saturated rings. The largest absolute Gasteiger partial charge is 0.392 e. The monoisotopic (exact) mass is 274 g/mol. The molecular weight excluding hydrogens is 248 g/mol. The Morgan fingerprint density at radius 3 is 2.30 bits per heavy atom. The van der Waals surface area contributed by atoms with E-state index >= 15 is 0 Å². The summed E-state index contributed by atoms with van der Waals surface area (Å²) in [5.41, 5.74) is 0.785. The summed E-state index contributed by atoms with van der Waals surface area (Å²) in [6.45, 7) is 12.1. The highest BCUT2D eigenvalue weighted by atomic mass is 16.5. The third kappa shape index (κ3) is 4.62. The van der Waals surface area contributed by atoms with Gasteiger partial charge < -0.3 is 9.84 Å². The van der Waals surface area contributed by atoms with Gasteiger partial charge in [-0.2, -0.15) is 0 Å². The van der Waals surface area contributed by atoms with Crippen LogP contribution in [0.25, 0.3) is 0 Å². The molecular formula is C18H26O2. The van der Waals surface area contributed by atoms with Crippen LogP contribution in [-0.4, -0.2) is 17.3 Å². The lowest BCUT2D eigenvalue weighted by atomic mass is 9.78. The van der Waals surface area contributed by atoms with E-state index in [9.17, 15) is 5.11 Å². The van der Waals surface area contributed by atoms with Gasteiger partial charge >= 0.3 is 0 Å². The molecule has 0 amide bonds. The maximum absolute atomic E-state index is 10.3. The van der Waals surface area contributed by atoms with Crippen molar-refractivity contribution in [3.63, 3.8) is 0 Å². The molecule has 0 heterocycles. The van der Waals surface area contributed by atoms with Gasteiger partial charge in [-0.15, -0.1) is 13.2 Å². The number of ether oxygens (including phenoxy) is 1. The van der Waals surface area contributed by atoms with Crippen LogP contribution in [0, 0.1) is 5.41 Å². The number of hydrogen-bond acceptors (Lipinski definition) is 2. The maximum Gasteiger partial charge on any atom is 0.0721 e. The van der Waals surface area contributed by atoms with Crippen LogP contribution in [0.4, 0.5) is 0 Å². The van der Waals surface area contributed by atoms with Crippen LogP contribution in [0.3, 0.4) is 0 Å². The third-order valence-electron chi connectivity index (χ3n) is 3.75. The van der Waals surface area contributed by atoms with Crippen molar-refractivity contribution in [3.05, 3.63) is 61.2 Å². The van der Waals surface area contributed by atoms with E-state index in [0.29, 0.717) is 19.4 Å². The van der Waals surface area contributed by atoms with Crippen LogP contribution in [0.5, 0.6) is 0 Å². The Labute approximate surface area is 122 Å². The summed E-state index contributed by atoms with van der Waals surface area (Å²) in [4.78, 5) is 0. The van der Waals surface area contributed by atoms with Gasteiger partial charge in [-0.25, -0.2) is 0 Å². The van der Waals surface area contributed by atoms with Crippen molar-refractivity contribution in [2.45, 2.75) is 45.5 Å². The van der Waals surface area contributed by atoms with Gasteiger partial charge in [0, 0.05) is 5.41 Å². The molecule has 2 nitrogen and oxygen atoms in total. The van der Waals surface area contributed by atoms with E-state index in [1.165, 1.54) is 0 Å². The Morgan fingerprint density at radius 1 is 1.15 bits per heavy atom. The van der Waals surface area contributed by atoms with E-state index in [4.69, 9.17) is 4.74 Å². The average Bonchev–Trinajstić information content (AvgIpc) is 2.44. The molecule has 0 saturated carbocycles. The van der Waals surface area contributed by atoms with E-state index in [-0.39, 0.29) is 11.5 Å². The fourth-order valence-electron chi connectivity index (χ4n) is 2.19. The van der Waals surface area contributed by atoms with Crippen molar-refractivity contribution >= 4 is 0 Å². The molecule has 1 N–H and O–H groups in total. The molecule has 0 aliphatic carbocycles. The van der Waals surface area contributed by atoms with Crippen molar-refractivity contribution < 1.29 is 9.84 Å². The average molecular weight is 274 g/mol. The zero-order valence-electron chi connectivity index (χ0n) is 12.6. The minimum Gasteiger partial charge on any atom is -0.392 e. The summed E-state index contributed by atoms with van der Waals surface area (Å²) in [6.07, 6.45) is 4.33. The van der Waals surface area contributed by atoms with Crippen LogP contribution < -0.4 is 0 Å². The quantitative estimate of drug-likeness (QED) is 0.687. The minimum absolute atomic E-state index is 0.0739. The topological polar surface area (TPSA) is 29.5 Å². The summed E-state index contributed by atoms with van der Waals surface area (Å²) in [5, 5.41) is 10.3. The zero-order chi connectivity index (χ0) is 15.0. The molecule has 2 heteroatoms. The lowest BCUT2D eigenvalue weighted by Crippen LogP contribution is -2.41. The molecule has 1 aromatic carbocycles. The molecule has 2 atom stereocenters. The number of benzene rings is 1. The Kier molecular flexibility index (Phi) is 6.69. The van der Waals surface area contributed by atoms with E-state index in [1.54, 1.807) is 6.08 Å². The minimum atomic E-state index is -0.472. The molecule has 0 spiro atoms. The second kappa shape index (κ2) is 8.03. The Bertz CT molecular complexity index is 409. The van der Waals surface area contributed by atoms with Gasteiger partial charge in [0.1, 0.15) is 0 Å². The summed E-state index contributed by atoms with van der Waals surface area (Å²) in [7, 11) is 0. The lowest BCUT2D eigenvalue weighted by molar-refractivity contribution is -0.0887. The normalized spacial score (nSPS) is 14.6. The Balaban J connectivity index is 2.72. The van der Waals surface area contributed by atoms with Crippen LogP contribution in [0.15, 0.2) is 55.6 Å². The number of rotatable bonds is 9. The highest BCUT2D eigenvalue weighted by Gasteiger charge is 2.35. The standard InChI is InChI=1S/C18H26O2/c1-5-10-16(19)18(3,4)17(11-6-2)20-14-15-12-8-7-9-13-15/h5-9,12-13,16-17,19H,1-2,10-11,14H2,3-4H3/t16-,17+/m1/s1. The molecule has 0 aliphatic rings. The lowest BCUT2D eigenvalue weighted by Gasteiger charge is -2.37. The molecule has 1 rings (SSSR count). The van der Waals surface area contributed by atoms with E-state index < -0.39 is 6.10 Å². The first-order valence-corrected chi connectivity index (χ1v) is 7.07. The summed E-state index contributed by atoms with van der Waals surface area (Å²) in [5.74, 6) is 0. The van der Waals surface area contributed by atoms with Crippen molar-refractivity contribution in [2.75, 3.05) is 0 Å². The van der Waals surface area contributed by atoms with Crippen molar-refractivity contribution in [2.24, 2.45) is 5.41 Å². The zero-order valence-corrected chi connectivity index (χ0v) is 12.6. The second-order valence-corrected chi connectivity index (χ2v) is 5.67. The fourth-order valence-corrected chi connectivity index (χ4v) is 2.19. The van der Waals surface area contributed by atoms with Gasteiger partial charge in [0.05, 0.1) is 18.8 Å². The first-order chi connectivity index (χ1) is 9.52. The number of aliphatic hydroxyl groups is 1. The predicted octanol–water partition coefficient (Wildman–Crippen LogP) is 4.11. The first kappa shape index (κ1) is 16.7. The molecule has 0 bridgehead atoms. The molecule has 0 unspecified atom stereocenters. The second-order valence-electron chi connectivity index (χ2n) is 5.67. The smallest absolute Gasteiger partial charge is 0.0721 e. The third-order valence-corrected chi connectivity index (χ3v) is 3.75. The van der Waals surface area contributed by atoms with Gasteiger partial charge in [0.25, 0.3) is 0 Å². The van der Waals surface area contributed by atoms with Crippen LogP contribution in [0.2, 0.25) is 0 Å². The summed E-state index contributed by atoms with van der Waals surface area (Å²) in [6, 6.07) is 10.1. The van der Waals surface area contributed by atoms with Crippen molar-refractivity contribution in [3.8, 4) is 0 Å². The Morgan fingerprint density at radius 2 is 1.75 bits per heavy atom. The molecule has 1 aromatic rings. The number of hydrogen-bond donors (Lipinski definition) is 1. The molecule has 20 heavy (non-hydrogen) atoms. The van der Waals surface area contributed by atoms with Gasteiger partial charge in [0.15, 0.2) is 0 Å². The van der Waals surface area contributed by atoms with Crippen LogP contribution in [-0.2, 0) is 11.3 Å². The van der Waals surface area contributed by atoms with Gasteiger partial charge in [-0.05, 0) is 18.4 Å². The summed E-state index contributed by atoms with van der Waals surface area (Å²) >= 11 is 0. The van der Waals surface area contributed by atoms with Gasteiger partial charge in [0.2, 0.25) is 0 Å². The van der Waals surface area contributed by atoms with Crippen LogP contribution in [0.1, 0.15) is 32.3 Å². The van der Waals surface area contributed by atoms with E-state index in [1.807, 2.05) is 50.3 Å². The molecule has 0 aromatic heterocycles. The Hall–Kier alpha value is -1.38. The van der Waals surface area contributed by atoms with Gasteiger partial charge in [-0.1, -0.05) is 56.3 Å². The van der Waals surface area contributed by atoms with Crippen molar-refractivity contribution in [1.29, 1.82) is 0 Å². The molecule has 110 valence electrons. The van der Waals surface area contributed by atoms with Crippen LogP contribution >= 0.6 is 0 Å². The summed E-state index contributed by atoms with van der Waals surface area (Å²) < 4.78 is 6.04. The fraction of sp³-hybridized carbons (Fsp3) is 0.444. The SMILES string of the molecule is C=CC[C@@H](O)C(C)(C)[C@H](CC=C)OCc1ccccc1. The maximum atomic E-state index is 10.3.